The summed E-state index contributed by atoms with van der Waals surface area (Å²) in [4.78, 5) is 11.8. The van der Waals surface area contributed by atoms with Gasteiger partial charge in [0.25, 0.3) is 0 Å². The predicted octanol–water partition coefficient (Wildman–Crippen LogP) is 4.84. The first-order chi connectivity index (χ1) is 11.7. The molecule has 0 radical (unpaired) electrons. The van der Waals surface area contributed by atoms with E-state index < -0.39 is 11.9 Å². The number of carboxylic acid groups (broad SMARTS) is 1. The van der Waals surface area contributed by atoms with Crippen molar-refractivity contribution in [2.24, 2.45) is 0 Å². The Balaban J connectivity index is 2.19. The number of ether oxygens (including phenoxy) is 1. The first-order valence-corrected chi connectivity index (χ1v) is 8.68. The normalized spacial score (nSPS) is 11.9. The summed E-state index contributed by atoms with van der Waals surface area (Å²) in [7, 11) is 0. The summed E-state index contributed by atoms with van der Waals surface area (Å²) < 4.78 is 5.84. The number of rotatable bonds is 9. The zero-order valence-corrected chi connectivity index (χ0v) is 14.5. The van der Waals surface area contributed by atoms with Gasteiger partial charge in [-0.2, -0.15) is 0 Å². The number of benzene rings is 2. The Bertz CT molecular complexity index is 646. The van der Waals surface area contributed by atoms with Gasteiger partial charge < -0.3 is 9.84 Å². The molecular weight excluding hydrogens is 300 g/mol. The number of carboxylic acids is 1. The van der Waals surface area contributed by atoms with Crippen molar-refractivity contribution in [2.45, 2.75) is 45.4 Å². The molecule has 0 saturated carbocycles. The molecule has 1 unspecified atom stereocenters. The molecule has 3 heteroatoms. The molecule has 0 aromatic heterocycles. The van der Waals surface area contributed by atoms with Gasteiger partial charge in [0.15, 0.2) is 0 Å². The van der Waals surface area contributed by atoms with Crippen molar-refractivity contribution >= 4 is 5.97 Å². The lowest BCUT2D eigenvalue weighted by molar-refractivity contribution is -0.138. The van der Waals surface area contributed by atoms with Gasteiger partial charge in [0.2, 0.25) is 0 Å². The molecule has 0 amide bonds. The molecule has 24 heavy (non-hydrogen) atoms. The average Bonchev–Trinajstić information content (AvgIpc) is 2.61. The van der Waals surface area contributed by atoms with Crippen molar-refractivity contribution in [1.29, 1.82) is 0 Å². The highest BCUT2D eigenvalue weighted by Crippen LogP contribution is 2.27. The van der Waals surface area contributed by atoms with E-state index in [9.17, 15) is 9.90 Å². The third-order valence-corrected chi connectivity index (χ3v) is 4.24. The first kappa shape index (κ1) is 18.1. The molecule has 0 spiro atoms. The predicted molar refractivity (Wildman–Crippen MR) is 96.7 cm³/mol. The lowest BCUT2D eigenvalue weighted by atomic mass is 9.91. The molecule has 1 N–H and O–H groups in total. The molecule has 0 aliphatic heterocycles. The summed E-state index contributed by atoms with van der Waals surface area (Å²) >= 11 is 0. The van der Waals surface area contributed by atoms with E-state index in [1.54, 1.807) is 0 Å². The van der Waals surface area contributed by atoms with E-state index in [4.69, 9.17) is 4.74 Å². The third-order valence-electron chi connectivity index (χ3n) is 4.24. The van der Waals surface area contributed by atoms with E-state index in [-0.39, 0.29) is 0 Å². The van der Waals surface area contributed by atoms with E-state index in [0.29, 0.717) is 13.0 Å². The monoisotopic (exact) mass is 326 g/mol. The number of aryl methyl sites for hydroxylation is 1. The number of hydrogen-bond acceptors (Lipinski definition) is 2. The largest absolute Gasteiger partial charge is 0.493 e. The van der Waals surface area contributed by atoms with E-state index >= 15 is 0 Å². The van der Waals surface area contributed by atoms with Crippen LogP contribution in [0.15, 0.2) is 48.5 Å². The number of carbonyl (C=O) groups is 1. The third kappa shape index (κ3) is 4.85. The Hall–Kier alpha value is -2.29. The van der Waals surface area contributed by atoms with Crippen LogP contribution < -0.4 is 4.74 Å². The summed E-state index contributed by atoms with van der Waals surface area (Å²) in [5.41, 5.74) is 3.00. The van der Waals surface area contributed by atoms with Gasteiger partial charge in [-0.15, -0.1) is 0 Å². The van der Waals surface area contributed by atoms with Crippen LogP contribution in [-0.2, 0) is 17.6 Å². The molecule has 128 valence electrons. The van der Waals surface area contributed by atoms with Gasteiger partial charge >= 0.3 is 5.97 Å². The smallest absolute Gasteiger partial charge is 0.311 e. The highest BCUT2D eigenvalue weighted by Gasteiger charge is 2.22. The second-order valence-electron chi connectivity index (χ2n) is 6.00. The zero-order chi connectivity index (χ0) is 17.4. The molecule has 0 heterocycles. The van der Waals surface area contributed by atoms with Gasteiger partial charge in [0.1, 0.15) is 5.75 Å². The fourth-order valence-electron chi connectivity index (χ4n) is 2.69. The summed E-state index contributed by atoms with van der Waals surface area (Å²) in [6.07, 6.45) is 3.45. The molecule has 2 aromatic carbocycles. The van der Waals surface area contributed by atoms with E-state index in [2.05, 4.69) is 13.8 Å². The van der Waals surface area contributed by atoms with Crippen molar-refractivity contribution in [1.82, 2.24) is 0 Å². The van der Waals surface area contributed by atoms with Crippen LogP contribution in [0, 0.1) is 0 Å². The Morgan fingerprint density at radius 1 is 1.08 bits per heavy atom. The SMILES string of the molecule is CCCCOc1ccccc1CC(C(=O)O)c1ccc(CC)cc1. The van der Waals surface area contributed by atoms with Gasteiger partial charge in [0.05, 0.1) is 12.5 Å². The number of hydrogen-bond donors (Lipinski definition) is 1. The van der Waals surface area contributed by atoms with Crippen LogP contribution >= 0.6 is 0 Å². The summed E-state index contributed by atoms with van der Waals surface area (Å²) in [6.45, 7) is 4.87. The summed E-state index contributed by atoms with van der Waals surface area (Å²) in [6, 6.07) is 15.6. The number of para-hydroxylation sites is 1. The molecule has 0 aliphatic carbocycles. The molecule has 0 bridgehead atoms. The van der Waals surface area contributed by atoms with Crippen molar-refractivity contribution in [3.05, 3.63) is 65.2 Å². The molecule has 0 fully saturated rings. The lowest BCUT2D eigenvalue weighted by Crippen LogP contribution is -2.15. The van der Waals surface area contributed by atoms with E-state index in [1.165, 1.54) is 5.56 Å². The van der Waals surface area contributed by atoms with Crippen LogP contribution in [0.1, 0.15) is 49.3 Å². The lowest BCUT2D eigenvalue weighted by Gasteiger charge is -2.16. The molecule has 0 aliphatic rings. The topological polar surface area (TPSA) is 46.5 Å². The van der Waals surface area contributed by atoms with E-state index in [1.807, 2.05) is 48.5 Å². The molecule has 2 rings (SSSR count). The minimum absolute atomic E-state index is 0.434. The molecule has 3 nitrogen and oxygen atoms in total. The van der Waals surface area contributed by atoms with Crippen LogP contribution in [0.5, 0.6) is 5.75 Å². The van der Waals surface area contributed by atoms with Gasteiger partial charge in [-0.25, -0.2) is 0 Å². The minimum Gasteiger partial charge on any atom is -0.493 e. The van der Waals surface area contributed by atoms with Crippen LogP contribution in [-0.4, -0.2) is 17.7 Å². The minimum atomic E-state index is -0.803. The average molecular weight is 326 g/mol. The zero-order valence-electron chi connectivity index (χ0n) is 14.5. The number of unbranched alkanes of at least 4 members (excludes halogenated alkanes) is 1. The van der Waals surface area contributed by atoms with Crippen LogP contribution in [0.25, 0.3) is 0 Å². The van der Waals surface area contributed by atoms with E-state index in [0.717, 1.165) is 36.1 Å². The van der Waals surface area contributed by atoms with Crippen LogP contribution in [0.3, 0.4) is 0 Å². The van der Waals surface area contributed by atoms with Crippen molar-refractivity contribution < 1.29 is 14.6 Å². The highest BCUT2D eigenvalue weighted by molar-refractivity contribution is 5.76. The molecule has 1 atom stereocenters. The Labute approximate surface area is 144 Å². The molecule has 0 saturated heterocycles. The van der Waals surface area contributed by atoms with Crippen LogP contribution in [0.4, 0.5) is 0 Å². The fraction of sp³-hybridized carbons (Fsp3) is 0.381. The maximum absolute atomic E-state index is 11.8. The molecular formula is C21H26O3. The van der Waals surface area contributed by atoms with Crippen molar-refractivity contribution in [3.63, 3.8) is 0 Å². The molecule has 2 aromatic rings. The van der Waals surface area contributed by atoms with Gasteiger partial charge in [0, 0.05) is 0 Å². The fourth-order valence-corrected chi connectivity index (χ4v) is 2.69. The second-order valence-corrected chi connectivity index (χ2v) is 6.00. The van der Waals surface area contributed by atoms with Crippen molar-refractivity contribution in [2.75, 3.05) is 6.61 Å². The van der Waals surface area contributed by atoms with Crippen molar-refractivity contribution in [3.8, 4) is 5.75 Å². The van der Waals surface area contributed by atoms with Gasteiger partial charge in [-0.3, -0.25) is 4.79 Å². The van der Waals surface area contributed by atoms with Gasteiger partial charge in [-0.05, 0) is 42.0 Å². The summed E-state index contributed by atoms with van der Waals surface area (Å²) in [5.74, 6) is -0.572. The second kappa shape index (κ2) is 9.11. The summed E-state index contributed by atoms with van der Waals surface area (Å²) in [5, 5.41) is 9.68. The Morgan fingerprint density at radius 3 is 2.42 bits per heavy atom. The quantitative estimate of drug-likeness (QED) is 0.671. The first-order valence-electron chi connectivity index (χ1n) is 8.68. The van der Waals surface area contributed by atoms with Crippen LogP contribution in [0.2, 0.25) is 0 Å². The van der Waals surface area contributed by atoms with Gasteiger partial charge in [-0.1, -0.05) is 62.7 Å². The maximum Gasteiger partial charge on any atom is 0.311 e. The standard InChI is InChI=1S/C21H26O3/c1-3-5-14-24-20-9-7-6-8-18(20)15-19(21(22)23)17-12-10-16(4-2)11-13-17/h6-13,19H,3-5,14-15H2,1-2H3,(H,22,23). The highest BCUT2D eigenvalue weighted by atomic mass is 16.5. The Kier molecular flexibility index (Phi) is 6.86. The number of aliphatic carboxylic acids is 1. The Morgan fingerprint density at radius 2 is 1.79 bits per heavy atom. The maximum atomic E-state index is 11.8.